The number of halogens is 2. The highest BCUT2D eigenvalue weighted by Gasteiger charge is 2.41. The highest BCUT2D eigenvalue weighted by atomic mass is 19.3. The van der Waals surface area contributed by atoms with Gasteiger partial charge in [0.1, 0.15) is 0 Å². The van der Waals surface area contributed by atoms with E-state index >= 15 is 0 Å². The first kappa shape index (κ1) is 14.2. The molecular formula is C16H15F2NO. The van der Waals surface area contributed by atoms with Crippen LogP contribution in [-0.2, 0) is 5.92 Å². The van der Waals surface area contributed by atoms with Gasteiger partial charge in [-0.25, -0.2) is 0 Å². The van der Waals surface area contributed by atoms with Crippen molar-refractivity contribution in [2.75, 3.05) is 19.0 Å². The zero-order valence-electron chi connectivity index (χ0n) is 11.3. The lowest BCUT2D eigenvalue weighted by molar-refractivity contribution is 0.00746. The Balaban J connectivity index is 2.39. The zero-order valence-corrected chi connectivity index (χ0v) is 11.3. The van der Waals surface area contributed by atoms with Gasteiger partial charge in [-0.05, 0) is 12.1 Å². The van der Waals surface area contributed by atoms with Crippen LogP contribution in [0.1, 0.15) is 15.9 Å². The first-order chi connectivity index (χ1) is 9.43. The normalized spacial score (nSPS) is 11.2. The molecule has 0 heterocycles. The Morgan fingerprint density at radius 1 is 1.00 bits per heavy atom. The average Bonchev–Trinajstić information content (AvgIpc) is 2.47. The number of carbonyl (C=O) groups excluding carboxylic acids is 1. The highest BCUT2D eigenvalue weighted by molar-refractivity contribution is 6.01. The molecule has 0 aliphatic heterocycles. The highest BCUT2D eigenvalue weighted by Crippen LogP contribution is 2.33. The Labute approximate surface area is 116 Å². The van der Waals surface area contributed by atoms with E-state index in [1.807, 2.05) is 0 Å². The molecule has 0 bridgehead atoms. The van der Waals surface area contributed by atoms with E-state index in [9.17, 15) is 13.6 Å². The molecular weight excluding hydrogens is 260 g/mol. The number of hydrogen-bond donors (Lipinski definition) is 0. The number of ketones is 1. The van der Waals surface area contributed by atoms with Crippen LogP contribution in [0, 0.1) is 0 Å². The largest absolute Gasteiger partial charge is 0.378 e. The van der Waals surface area contributed by atoms with Gasteiger partial charge in [0.25, 0.3) is 0 Å². The molecule has 0 spiro atoms. The van der Waals surface area contributed by atoms with Crippen LogP contribution in [0.2, 0.25) is 0 Å². The third kappa shape index (κ3) is 2.69. The van der Waals surface area contributed by atoms with Crippen LogP contribution in [0.4, 0.5) is 14.5 Å². The summed E-state index contributed by atoms with van der Waals surface area (Å²) in [6, 6.07) is 13.5. The Hall–Kier alpha value is -2.23. The van der Waals surface area contributed by atoms with Crippen molar-refractivity contribution in [2.24, 2.45) is 0 Å². The molecule has 2 nitrogen and oxygen atoms in total. The summed E-state index contributed by atoms with van der Waals surface area (Å²) in [4.78, 5) is 13.7. The minimum Gasteiger partial charge on any atom is -0.378 e. The van der Waals surface area contributed by atoms with Crippen LogP contribution >= 0.6 is 0 Å². The lowest BCUT2D eigenvalue weighted by Gasteiger charge is -2.19. The van der Waals surface area contributed by atoms with E-state index in [0.717, 1.165) is 0 Å². The topological polar surface area (TPSA) is 20.3 Å². The first-order valence-corrected chi connectivity index (χ1v) is 6.18. The van der Waals surface area contributed by atoms with Crippen molar-refractivity contribution in [3.05, 3.63) is 65.7 Å². The quantitative estimate of drug-likeness (QED) is 0.792. The standard InChI is InChI=1S/C16H15F2NO/c1-19(2)14-10-6-9-13(11-14)16(17,18)15(20)12-7-4-3-5-8-12/h3-11H,1-2H3. The maximum Gasteiger partial charge on any atom is 0.335 e. The summed E-state index contributed by atoms with van der Waals surface area (Å²) in [7, 11) is 3.52. The minimum absolute atomic E-state index is 0.00718. The second-order valence-corrected chi connectivity index (χ2v) is 4.71. The number of Topliss-reactive ketones (excluding diaryl/α,β-unsaturated/α-hetero) is 1. The lowest BCUT2D eigenvalue weighted by Crippen LogP contribution is -2.26. The van der Waals surface area contributed by atoms with Crippen molar-refractivity contribution in [3.63, 3.8) is 0 Å². The number of nitrogens with zero attached hydrogens (tertiary/aromatic N) is 1. The van der Waals surface area contributed by atoms with Crippen molar-refractivity contribution >= 4 is 11.5 Å². The van der Waals surface area contributed by atoms with Gasteiger partial charge in [0, 0.05) is 30.9 Å². The predicted molar refractivity (Wildman–Crippen MR) is 75.4 cm³/mol. The van der Waals surface area contributed by atoms with Gasteiger partial charge < -0.3 is 4.90 Å². The molecule has 2 rings (SSSR count). The van der Waals surface area contributed by atoms with Crippen molar-refractivity contribution < 1.29 is 13.6 Å². The van der Waals surface area contributed by atoms with Crippen molar-refractivity contribution in [2.45, 2.75) is 5.92 Å². The van der Waals surface area contributed by atoms with Crippen molar-refractivity contribution in [1.82, 2.24) is 0 Å². The number of hydrogen-bond acceptors (Lipinski definition) is 2. The minimum atomic E-state index is -3.53. The molecule has 2 aromatic carbocycles. The Kier molecular flexibility index (Phi) is 3.84. The lowest BCUT2D eigenvalue weighted by atomic mass is 9.98. The fraction of sp³-hybridized carbons (Fsp3) is 0.188. The number of benzene rings is 2. The summed E-state index contributed by atoms with van der Waals surface area (Å²) < 4.78 is 28.6. The Bertz CT molecular complexity index is 609. The zero-order chi connectivity index (χ0) is 14.8. The summed E-state index contributed by atoms with van der Waals surface area (Å²) in [6.07, 6.45) is 0. The number of rotatable bonds is 4. The Morgan fingerprint density at radius 2 is 1.65 bits per heavy atom. The molecule has 0 aliphatic rings. The smallest absolute Gasteiger partial charge is 0.335 e. The van der Waals surface area contributed by atoms with Crippen LogP contribution in [0.15, 0.2) is 54.6 Å². The second-order valence-electron chi connectivity index (χ2n) is 4.71. The molecule has 0 fully saturated rings. The van der Waals surface area contributed by atoms with Gasteiger partial charge in [0.15, 0.2) is 0 Å². The summed E-state index contributed by atoms with van der Waals surface area (Å²) in [6.45, 7) is 0. The fourth-order valence-electron chi connectivity index (χ4n) is 1.88. The summed E-state index contributed by atoms with van der Waals surface area (Å²) in [5.74, 6) is -4.72. The molecule has 0 saturated heterocycles. The van der Waals surface area contributed by atoms with Gasteiger partial charge in [0.2, 0.25) is 5.78 Å². The van der Waals surface area contributed by atoms with E-state index in [-0.39, 0.29) is 11.1 Å². The molecule has 0 N–H and O–H groups in total. The van der Waals surface area contributed by atoms with E-state index in [1.54, 1.807) is 43.3 Å². The maximum atomic E-state index is 14.3. The maximum absolute atomic E-state index is 14.3. The molecule has 0 amide bonds. The molecule has 0 unspecified atom stereocenters. The predicted octanol–water partition coefficient (Wildman–Crippen LogP) is 3.73. The summed E-state index contributed by atoms with van der Waals surface area (Å²) in [5, 5.41) is 0. The third-order valence-electron chi connectivity index (χ3n) is 3.05. The SMILES string of the molecule is CN(C)c1cccc(C(F)(F)C(=O)c2ccccc2)c1. The van der Waals surface area contributed by atoms with Crippen LogP contribution < -0.4 is 4.90 Å². The molecule has 2 aromatic rings. The van der Waals surface area contributed by atoms with E-state index in [0.29, 0.717) is 5.69 Å². The number of carbonyl (C=O) groups is 1. The van der Waals surface area contributed by atoms with E-state index < -0.39 is 11.7 Å². The van der Waals surface area contributed by atoms with Gasteiger partial charge in [-0.2, -0.15) is 8.78 Å². The average molecular weight is 275 g/mol. The summed E-state index contributed by atoms with van der Waals surface area (Å²) >= 11 is 0. The molecule has 0 aromatic heterocycles. The van der Waals surface area contributed by atoms with Crippen molar-refractivity contribution in [3.8, 4) is 0 Å². The van der Waals surface area contributed by atoms with Gasteiger partial charge in [-0.1, -0.05) is 42.5 Å². The van der Waals surface area contributed by atoms with E-state index in [2.05, 4.69) is 0 Å². The molecule has 0 saturated carbocycles. The second kappa shape index (κ2) is 5.41. The van der Waals surface area contributed by atoms with Crippen LogP contribution in [0.25, 0.3) is 0 Å². The number of alkyl halides is 2. The molecule has 104 valence electrons. The van der Waals surface area contributed by atoms with Gasteiger partial charge in [-0.15, -0.1) is 0 Å². The van der Waals surface area contributed by atoms with Gasteiger partial charge >= 0.3 is 5.92 Å². The molecule has 0 radical (unpaired) electrons. The van der Waals surface area contributed by atoms with Crippen LogP contribution in [0.3, 0.4) is 0 Å². The van der Waals surface area contributed by atoms with Gasteiger partial charge in [0.05, 0.1) is 0 Å². The molecule has 20 heavy (non-hydrogen) atoms. The third-order valence-corrected chi connectivity index (χ3v) is 3.05. The monoisotopic (exact) mass is 275 g/mol. The first-order valence-electron chi connectivity index (χ1n) is 6.18. The van der Waals surface area contributed by atoms with Crippen molar-refractivity contribution in [1.29, 1.82) is 0 Å². The van der Waals surface area contributed by atoms with E-state index in [4.69, 9.17) is 0 Å². The van der Waals surface area contributed by atoms with E-state index in [1.165, 1.54) is 30.3 Å². The summed E-state index contributed by atoms with van der Waals surface area (Å²) in [5.41, 5.74) is 0.341. The fourth-order valence-corrected chi connectivity index (χ4v) is 1.88. The molecule has 4 heteroatoms. The molecule has 0 atom stereocenters. The van der Waals surface area contributed by atoms with Gasteiger partial charge in [-0.3, -0.25) is 4.79 Å². The number of anilines is 1. The Morgan fingerprint density at radius 3 is 2.25 bits per heavy atom. The van der Waals surface area contributed by atoms with Crippen LogP contribution in [-0.4, -0.2) is 19.9 Å². The molecule has 0 aliphatic carbocycles. The van der Waals surface area contributed by atoms with Crippen LogP contribution in [0.5, 0.6) is 0 Å².